The van der Waals surface area contributed by atoms with Gasteiger partial charge in [0.25, 0.3) is 0 Å². The number of rotatable bonds is 6. The number of fused-ring (bicyclic) bond motifs is 1. The molecule has 0 radical (unpaired) electrons. The van der Waals surface area contributed by atoms with E-state index in [1.807, 2.05) is 35.9 Å². The quantitative estimate of drug-likeness (QED) is 0.763. The summed E-state index contributed by atoms with van der Waals surface area (Å²) >= 11 is 0. The number of carbonyl (C=O) groups is 1. The second kappa shape index (κ2) is 8.61. The molecule has 1 aliphatic heterocycles. The van der Waals surface area contributed by atoms with E-state index in [1.165, 1.54) is 17.7 Å². The molecule has 0 aromatic heterocycles. The molecule has 0 bridgehead atoms. The first-order valence-corrected chi connectivity index (χ1v) is 9.40. The van der Waals surface area contributed by atoms with E-state index in [9.17, 15) is 9.18 Å². The van der Waals surface area contributed by atoms with Gasteiger partial charge in [-0.1, -0.05) is 12.1 Å². The highest BCUT2D eigenvalue weighted by atomic mass is 19.1. The lowest BCUT2D eigenvalue weighted by Gasteiger charge is -2.32. The molecule has 0 unspecified atom stereocenters. The van der Waals surface area contributed by atoms with Gasteiger partial charge in [-0.2, -0.15) is 0 Å². The number of amides is 1. The molecule has 1 amide bonds. The van der Waals surface area contributed by atoms with Crippen LogP contribution in [-0.4, -0.2) is 50.1 Å². The fourth-order valence-corrected chi connectivity index (χ4v) is 3.54. The van der Waals surface area contributed by atoms with Crippen LogP contribution in [0.5, 0.6) is 11.5 Å². The van der Waals surface area contributed by atoms with E-state index in [0.717, 1.165) is 17.5 Å². The third-order valence-corrected chi connectivity index (χ3v) is 5.47. The smallest absolute Gasteiger partial charge is 0.237 e. The largest absolute Gasteiger partial charge is 0.493 e. The summed E-state index contributed by atoms with van der Waals surface area (Å²) in [6, 6.07) is 10.4. The fourth-order valence-electron chi connectivity index (χ4n) is 3.54. The van der Waals surface area contributed by atoms with E-state index in [1.54, 1.807) is 26.4 Å². The van der Waals surface area contributed by atoms with E-state index in [0.29, 0.717) is 31.1 Å². The van der Waals surface area contributed by atoms with Gasteiger partial charge in [0.05, 0.1) is 20.8 Å². The zero-order chi connectivity index (χ0) is 20.3. The topological polar surface area (TPSA) is 42.0 Å². The molecule has 1 aliphatic rings. The molecule has 0 saturated carbocycles. The molecule has 2 aromatic carbocycles. The van der Waals surface area contributed by atoms with Crippen LogP contribution in [0.15, 0.2) is 36.4 Å². The maximum absolute atomic E-state index is 13.1. The van der Waals surface area contributed by atoms with Crippen LogP contribution in [0.4, 0.5) is 4.39 Å². The lowest BCUT2D eigenvalue weighted by Crippen LogP contribution is -2.42. The Morgan fingerprint density at radius 3 is 2.36 bits per heavy atom. The Morgan fingerprint density at radius 2 is 1.75 bits per heavy atom. The van der Waals surface area contributed by atoms with Crippen LogP contribution >= 0.6 is 0 Å². The monoisotopic (exact) mass is 386 g/mol. The van der Waals surface area contributed by atoms with Crippen LogP contribution < -0.4 is 9.47 Å². The highest BCUT2D eigenvalue weighted by Crippen LogP contribution is 2.33. The predicted molar refractivity (Wildman–Crippen MR) is 106 cm³/mol. The molecular formula is C22H27FN2O3. The van der Waals surface area contributed by atoms with Gasteiger partial charge in [0.1, 0.15) is 5.82 Å². The van der Waals surface area contributed by atoms with Gasteiger partial charge in [0, 0.05) is 19.1 Å². The van der Waals surface area contributed by atoms with Crippen molar-refractivity contribution in [2.45, 2.75) is 25.9 Å². The first kappa shape index (κ1) is 20.1. The van der Waals surface area contributed by atoms with Crippen molar-refractivity contribution in [3.63, 3.8) is 0 Å². The fraction of sp³-hybridized carbons (Fsp3) is 0.409. The number of likely N-dealkylation sites (N-methyl/N-ethyl adjacent to an activating group) is 1. The molecule has 5 nitrogen and oxygen atoms in total. The summed E-state index contributed by atoms with van der Waals surface area (Å²) in [5.41, 5.74) is 3.26. The highest BCUT2D eigenvalue weighted by Gasteiger charge is 2.24. The Kier molecular flexibility index (Phi) is 6.19. The molecule has 3 rings (SSSR count). The van der Waals surface area contributed by atoms with Crippen molar-refractivity contribution in [3.05, 3.63) is 58.9 Å². The average molecular weight is 386 g/mol. The van der Waals surface area contributed by atoms with Crippen molar-refractivity contribution in [1.29, 1.82) is 0 Å². The van der Waals surface area contributed by atoms with E-state index in [-0.39, 0.29) is 17.8 Å². The number of nitrogens with zero attached hydrogens (tertiary/aromatic N) is 2. The van der Waals surface area contributed by atoms with Gasteiger partial charge in [-0.3, -0.25) is 9.69 Å². The number of methoxy groups -OCH3 is 2. The van der Waals surface area contributed by atoms with E-state index in [2.05, 4.69) is 0 Å². The highest BCUT2D eigenvalue weighted by molar-refractivity contribution is 5.78. The Labute approximate surface area is 165 Å². The summed E-state index contributed by atoms with van der Waals surface area (Å²) in [5, 5.41) is 0. The molecule has 150 valence electrons. The van der Waals surface area contributed by atoms with Crippen LogP contribution in [0.1, 0.15) is 29.7 Å². The third-order valence-electron chi connectivity index (χ3n) is 5.47. The second-order valence-corrected chi connectivity index (χ2v) is 7.18. The Hall–Kier alpha value is -2.60. The number of benzene rings is 2. The maximum Gasteiger partial charge on any atom is 0.237 e. The minimum Gasteiger partial charge on any atom is -0.493 e. The van der Waals surface area contributed by atoms with E-state index >= 15 is 0 Å². The van der Waals surface area contributed by atoms with Gasteiger partial charge >= 0.3 is 0 Å². The Bertz CT molecular complexity index is 838. The molecule has 1 heterocycles. The Morgan fingerprint density at radius 1 is 1.14 bits per heavy atom. The lowest BCUT2D eigenvalue weighted by molar-refractivity contribution is -0.133. The normalized spacial score (nSPS) is 14.6. The minimum atomic E-state index is -0.256. The zero-order valence-electron chi connectivity index (χ0n) is 16.9. The van der Waals surface area contributed by atoms with Gasteiger partial charge in [-0.15, -0.1) is 0 Å². The number of hydrogen-bond acceptors (Lipinski definition) is 4. The van der Waals surface area contributed by atoms with Gasteiger partial charge in [-0.25, -0.2) is 4.39 Å². The molecule has 0 aliphatic carbocycles. The molecule has 0 saturated heterocycles. The summed E-state index contributed by atoms with van der Waals surface area (Å²) in [6.07, 6.45) is 0.790. The van der Waals surface area contributed by atoms with Crippen molar-refractivity contribution in [3.8, 4) is 11.5 Å². The number of ether oxygens (including phenoxy) is 2. The zero-order valence-corrected chi connectivity index (χ0v) is 16.9. The maximum atomic E-state index is 13.1. The predicted octanol–water partition coefficient (Wildman–Crippen LogP) is 3.42. The van der Waals surface area contributed by atoms with Crippen molar-refractivity contribution in [2.24, 2.45) is 0 Å². The van der Waals surface area contributed by atoms with Gasteiger partial charge in [-0.05, 0) is 61.3 Å². The van der Waals surface area contributed by atoms with Crippen LogP contribution in [0.25, 0.3) is 0 Å². The third kappa shape index (κ3) is 4.28. The second-order valence-electron chi connectivity index (χ2n) is 7.18. The Balaban J connectivity index is 1.66. The van der Waals surface area contributed by atoms with Crippen molar-refractivity contribution >= 4 is 5.91 Å². The van der Waals surface area contributed by atoms with Crippen LogP contribution in [0.3, 0.4) is 0 Å². The first-order chi connectivity index (χ1) is 13.4. The molecule has 28 heavy (non-hydrogen) atoms. The standard InChI is InChI=1S/C22H27FN2O3/c1-15(16-5-7-19(23)8-6-16)24(2)14-22(26)25-10-9-17-11-20(27-3)21(28-4)12-18(17)13-25/h5-8,11-12,15H,9-10,13-14H2,1-4H3/t15-/m1/s1. The van der Waals surface area contributed by atoms with Crippen LogP contribution in [-0.2, 0) is 17.8 Å². The van der Waals surface area contributed by atoms with Gasteiger partial charge in [0.2, 0.25) is 5.91 Å². The van der Waals surface area contributed by atoms with Gasteiger partial charge < -0.3 is 14.4 Å². The summed E-state index contributed by atoms with van der Waals surface area (Å²) in [5.74, 6) is 1.22. The van der Waals surface area contributed by atoms with E-state index in [4.69, 9.17) is 9.47 Å². The van der Waals surface area contributed by atoms with Crippen molar-refractivity contribution in [1.82, 2.24) is 9.80 Å². The first-order valence-electron chi connectivity index (χ1n) is 9.40. The molecular weight excluding hydrogens is 359 g/mol. The molecule has 0 fully saturated rings. The SMILES string of the molecule is COc1cc2c(cc1OC)CN(C(=O)CN(C)[C@H](C)c1ccc(F)cc1)CC2. The number of halogens is 1. The summed E-state index contributed by atoms with van der Waals surface area (Å²) in [6.45, 7) is 3.57. The summed E-state index contributed by atoms with van der Waals surface area (Å²) < 4.78 is 23.9. The van der Waals surface area contributed by atoms with Crippen molar-refractivity contribution in [2.75, 3.05) is 34.4 Å². The average Bonchev–Trinajstić information content (AvgIpc) is 2.72. The lowest BCUT2D eigenvalue weighted by atomic mass is 9.98. The van der Waals surface area contributed by atoms with E-state index < -0.39 is 0 Å². The summed E-state index contributed by atoms with van der Waals surface area (Å²) in [7, 11) is 5.15. The number of hydrogen-bond donors (Lipinski definition) is 0. The minimum absolute atomic E-state index is 0.0194. The molecule has 2 aromatic rings. The molecule has 0 N–H and O–H groups in total. The molecule has 1 atom stereocenters. The van der Waals surface area contributed by atoms with Gasteiger partial charge in [0.15, 0.2) is 11.5 Å². The summed E-state index contributed by atoms with van der Waals surface area (Å²) in [4.78, 5) is 16.7. The van der Waals surface area contributed by atoms with Crippen LogP contribution in [0, 0.1) is 5.82 Å². The molecule has 0 spiro atoms. The van der Waals surface area contributed by atoms with Crippen LogP contribution in [0.2, 0.25) is 0 Å². The molecule has 6 heteroatoms. The van der Waals surface area contributed by atoms with Crippen molar-refractivity contribution < 1.29 is 18.7 Å². The number of carbonyl (C=O) groups excluding carboxylic acids is 1.